The highest BCUT2D eigenvalue weighted by molar-refractivity contribution is 7.17. The number of hydrogen-bond donors (Lipinski definition) is 1. The van der Waals surface area contributed by atoms with Crippen molar-refractivity contribution < 1.29 is 4.74 Å². The van der Waals surface area contributed by atoms with Crippen LogP contribution < -0.4 is 5.32 Å². The molecular formula is C15H15N3OS. The number of anilines is 1. The largest absolute Gasteiger partial charge is 0.380 e. The predicted octanol–water partition coefficient (Wildman–Crippen LogP) is 3.45. The first-order chi connectivity index (χ1) is 9.86. The van der Waals surface area contributed by atoms with Gasteiger partial charge in [0.1, 0.15) is 12.1 Å². The fraction of sp³-hybridized carbons (Fsp3) is 0.200. The van der Waals surface area contributed by atoms with Gasteiger partial charge < -0.3 is 10.1 Å². The molecule has 0 aliphatic carbocycles. The van der Waals surface area contributed by atoms with Gasteiger partial charge in [-0.3, -0.25) is 0 Å². The van der Waals surface area contributed by atoms with E-state index in [9.17, 15) is 0 Å². The van der Waals surface area contributed by atoms with Gasteiger partial charge in [0.2, 0.25) is 0 Å². The van der Waals surface area contributed by atoms with E-state index < -0.39 is 0 Å². The zero-order chi connectivity index (χ0) is 13.8. The molecule has 0 aliphatic heterocycles. The molecule has 0 aliphatic rings. The molecule has 0 atom stereocenters. The molecule has 5 heteroatoms. The van der Waals surface area contributed by atoms with Gasteiger partial charge >= 0.3 is 0 Å². The lowest BCUT2D eigenvalue weighted by Gasteiger charge is -2.08. The average molecular weight is 285 g/mol. The Hall–Kier alpha value is -1.98. The third kappa shape index (κ3) is 2.79. The second kappa shape index (κ2) is 5.98. The van der Waals surface area contributed by atoms with Crippen LogP contribution in [0.4, 0.5) is 5.82 Å². The van der Waals surface area contributed by atoms with Crippen LogP contribution in [0.1, 0.15) is 11.1 Å². The molecule has 3 aromatic rings. The molecule has 0 spiro atoms. The monoisotopic (exact) mass is 285 g/mol. The van der Waals surface area contributed by atoms with Crippen LogP contribution in [0.25, 0.3) is 10.2 Å². The van der Waals surface area contributed by atoms with Gasteiger partial charge in [-0.2, -0.15) is 0 Å². The van der Waals surface area contributed by atoms with E-state index in [1.54, 1.807) is 24.8 Å². The Morgan fingerprint density at radius 3 is 3.00 bits per heavy atom. The van der Waals surface area contributed by atoms with Crippen LogP contribution in [0.3, 0.4) is 0 Å². The Morgan fingerprint density at radius 2 is 2.10 bits per heavy atom. The average Bonchev–Trinajstić information content (AvgIpc) is 2.95. The number of thiophene rings is 1. The first kappa shape index (κ1) is 13.0. The van der Waals surface area contributed by atoms with Gasteiger partial charge in [0.15, 0.2) is 0 Å². The van der Waals surface area contributed by atoms with E-state index in [-0.39, 0.29) is 0 Å². The first-order valence-corrected chi connectivity index (χ1v) is 7.23. The lowest BCUT2D eigenvalue weighted by atomic mass is 10.1. The molecule has 4 nitrogen and oxygen atoms in total. The number of ether oxygens (including phenoxy) is 1. The van der Waals surface area contributed by atoms with Gasteiger partial charge in [-0.1, -0.05) is 24.3 Å². The van der Waals surface area contributed by atoms with E-state index >= 15 is 0 Å². The SMILES string of the molecule is COCc1cccc(CNc2ncnc3ccsc23)c1. The van der Waals surface area contributed by atoms with Crippen LogP contribution in [0.5, 0.6) is 0 Å². The van der Waals surface area contributed by atoms with Gasteiger partial charge in [0, 0.05) is 13.7 Å². The van der Waals surface area contributed by atoms with Crippen LogP contribution in [-0.4, -0.2) is 17.1 Å². The highest BCUT2D eigenvalue weighted by atomic mass is 32.1. The van der Waals surface area contributed by atoms with E-state index in [4.69, 9.17) is 4.74 Å². The fourth-order valence-electron chi connectivity index (χ4n) is 2.10. The number of nitrogens with zero attached hydrogens (tertiary/aromatic N) is 2. The maximum absolute atomic E-state index is 5.15. The van der Waals surface area contributed by atoms with E-state index in [0.717, 1.165) is 22.6 Å². The van der Waals surface area contributed by atoms with Gasteiger partial charge in [-0.15, -0.1) is 11.3 Å². The summed E-state index contributed by atoms with van der Waals surface area (Å²) in [5.41, 5.74) is 3.37. The van der Waals surface area contributed by atoms with Crippen LogP contribution in [-0.2, 0) is 17.9 Å². The van der Waals surface area contributed by atoms with Crippen molar-refractivity contribution in [3.63, 3.8) is 0 Å². The Labute approximate surface area is 121 Å². The van der Waals surface area contributed by atoms with E-state index in [0.29, 0.717) is 6.61 Å². The number of aromatic nitrogens is 2. The van der Waals surface area contributed by atoms with Gasteiger partial charge in [0.05, 0.1) is 16.8 Å². The number of rotatable bonds is 5. The Morgan fingerprint density at radius 1 is 1.20 bits per heavy atom. The van der Waals surface area contributed by atoms with E-state index in [2.05, 4.69) is 33.5 Å². The minimum absolute atomic E-state index is 0.635. The molecule has 2 aromatic heterocycles. The summed E-state index contributed by atoms with van der Waals surface area (Å²) in [5.74, 6) is 0.891. The maximum atomic E-state index is 5.15. The van der Waals surface area contributed by atoms with Gasteiger partial charge in [-0.25, -0.2) is 9.97 Å². The zero-order valence-corrected chi connectivity index (χ0v) is 12.0. The summed E-state index contributed by atoms with van der Waals surface area (Å²) >= 11 is 1.65. The van der Waals surface area contributed by atoms with Crippen LogP contribution in [0, 0.1) is 0 Å². The molecule has 2 heterocycles. The standard InChI is InChI=1S/C15H15N3OS/c1-19-9-12-4-2-3-11(7-12)8-16-15-14-13(5-6-20-14)17-10-18-15/h2-7,10H,8-9H2,1H3,(H,16,17,18). The molecule has 102 valence electrons. The first-order valence-electron chi connectivity index (χ1n) is 6.35. The van der Waals surface area contributed by atoms with Crippen molar-refractivity contribution in [1.29, 1.82) is 0 Å². The smallest absolute Gasteiger partial charge is 0.147 e. The molecule has 3 rings (SSSR count). The van der Waals surface area contributed by atoms with Crippen LogP contribution >= 0.6 is 11.3 Å². The van der Waals surface area contributed by atoms with Crippen molar-refractivity contribution in [2.75, 3.05) is 12.4 Å². The number of methoxy groups -OCH3 is 1. The summed E-state index contributed by atoms with van der Waals surface area (Å²) in [7, 11) is 1.71. The molecule has 0 fully saturated rings. The zero-order valence-electron chi connectivity index (χ0n) is 11.2. The van der Waals surface area contributed by atoms with Crippen molar-refractivity contribution in [1.82, 2.24) is 9.97 Å². The number of hydrogen-bond acceptors (Lipinski definition) is 5. The summed E-state index contributed by atoms with van der Waals surface area (Å²) < 4.78 is 6.25. The minimum atomic E-state index is 0.635. The van der Waals surface area contributed by atoms with E-state index in [1.807, 2.05) is 17.5 Å². The Balaban J connectivity index is 1.76. The van der Waals surface area contributed by atoms with Crippen LogP contribution in [0.15, 0.2) is 42.0 Å². The van der Waals surface area contributed by atoms with Crippen molar-refractivity contribution in [3.8, 4) is 0 Å². The summed E-state index contributed by atoms with van der Waals surface area (Å²) in [6, 6.07) is 10.4. The third-order valence-corrected chi connectivity index (χ3v) is 3.92. The molecular weight excluding hydrogens is 270 g/mol. The minimum Gasteiger partial charge on any atom is -0.380 e. The number of nitrogens with one attached hydrogen (secondary N) is 1. The summed E-state index contributed by atoms with van der Waals surface area (Å²) in [4.78, 5) is 8.55. The molecule has 0 unspecified atom stereocenters. The van der Waals surface area contributed by atoms with Crippen molar-refractivity contribution in [2.45, 2.75) is 13.2 Å². The predicted molar refractivity (Wildman–Crippen MR) is 81.9 cm³/mol. The summed E-state index contributed by atoms with van der Waals surface area (Å²) in [6.07, 6.45) is 1.60. The molecule has 20 heavy (non-hydrogen) atoms. The molecule has 1 aromatic carbocycles. The van der Waals surface area contributed by atoms with Crippen molar-refractivity contribution in [3.05, 3.63) is 53.2 Å². The van der Waals surface area contributed by atoms with Crippen molar-refractivity contribution >= 4 is 27.4 Å². The fourth-order valence-corrected chi connectivity index (χ4v) is 2.91. The number of benzene rings is 1. The van der Waals surface area contributed by atoms with Gasteiger partial charge in [0.25, 0.3) is 0 Å². The quantitative estimate of drug-likeness (QED) is 0.780. The molecule has 1 N–H and O–H groups in total. The van der Waals surface area contributed by atoms with Crippen molar-refractivity contribution in [2.24, 2.45) is 0 Å². The topological polar surface area (TPSA) is 47.0 Å². The third-order valence-electron chi connectivity index (χ3n) is 3.01. The molecule has 0 saturated heterocycles. The van der Waals surface area contributed by atoms with Crippen LogP contribution in [0.2, 0.25) is 0 Å². The molecule has 0 radical (unpaired) electrons. The lowest BCUT2D eigenvalue weighted by molar-refractivity contribution is 0.185. The highest BCUT2D eigenvalue weighted by Crippen LogP contribution is 2.25. The molecule has 0 saturated carbocycles. The lowest BCUT2D eigenvalue weighted by Crippen LogP contribution is -2.02. The van der Waals surface area contributed by atoms with Gasteiger partial charge in [-0.05, 0) is 22.6 Å². The second-order valence-electron chi connectivity index (χ2n) is 4.46. The highest BCUT2D eigenvalue weighted by Gasteiger charge is 2.04. The molecule has 0 bridgehead atoms. The Kier molecular flexibility index (Phi) is 3.90. The molecule has 0 amide bonds. The number of fused-ring (bicyclic) bond motifs is 1. The van der Waals surface area contributed by atoms with E-state index in [1.165, 1.54) is 11.1 Å². The maximum Gasteiger partial charge on any atom is 0.147 e. The normalized spacial score (nSPS) is 10.8. The summed E-state index contributed by atoms with van der Waals surface area (Å²) in [5, 5.41) is 5.41. The Bertz CT molecular complexity index is 711. The summed E-state index contributed by atoms with van der Waals surface area (Å²) in [6.45, 7) is 1.37. The second-order valence-corrected chi connectivity index (χ2v) is 5.38.